The van der Waals surface area contributed by atoms with Crippen LogP contribution in [0.2, 0.25) is 0 Å². The number of hydrogen-bond donors (Lipinski definition) is 1. The monoisotopic (exact) mass is 404 g/mol. The number of piperidine rings is 1. The topological polar surface area (TPSA) is 83.9 Å². The van der Waals surface area contributed by atoms with E-state index in [9.17, 15) is 9.18 Å². The van der Waals surface area contributed by atoms with Crippen LogP contribution in [-0.2, 0) is 0 Å². The number of anilines is 1. The summed E-state index contributed by atoms with van der Waals surface area (Å²) in [5, 5.41) is 3.45. The minimum Gasteiger partial charge on any atom is -0.364 e. The van der Waals surface area contributed by atoms with Crippen molar-refractivity contribution in [1.82, 2.24) is 24.8 Å². The molecule has 3 unspecified atom stereocenters. The Morgan fingerprint density at radius 3 is 2.60 bits per heavy atom. The summed E-state index contributed by atoms with van der Waals surface area (Å²) in [6, 6.07) is 7.46. The molecular weight excluding hydrogens is 383 g/mol. The predicted octanol–water partition coefficient (Wildman–Crippen LogP) is 3.10. The van der Waals surface area contributed by atoms with Crippen LogP contribution < -0.4 is 5.32 Å². The molecule has 1 amide bonds. The van der Waals surface area contributed by atoms with Crippen molar-refractivity contribution in [2.45, 2.75) is 31.8 Å². The number of carbonyl (C=O) groups excluding carboxylic acids is 1. The minimum absolute atomic E-state index is 0.0486. The van der Waals surface area contributed by atoms with E-state index in [1.54, 1.807) is 24.5 Å². The van der Waals surface area contributed by atoms with E-state index in [1.807, 2.05) is 24.0 Å². The highest BCUT2D eigenvalue weighted by Gasteiger charge is 2.47. The van der Waals surface area contributed by atoms with Gasteiger partial charge in [-0.05, 0) is 31.7 Å². The van der Waals surface area contributed by atoms with E-state index in [-0.39, 0.29) is 18.0 Å². The molecule has 7 nitrogen and oxygen atoms in total. The molecule has 5 rings (SSSR count). The molecule has 30 heavy (non-hydrogen) atoms. The Morgan fingerprint density at radius 2 is 1.87 bits per heavy atom. The Hall–Kier alpha value is -3.42. The highest BCUT2D eigenvalue weighted by Crippen LogP contribution is 2.40. The third-order valence-corrected chi connectivity index (χ3v) is 5.88. The molecule has 1 aromatic carbocycles. The van der Waals surface area contributed by atoms with Crippen LogP contribution in [0.15, 0.2) is 49.1 Å². The lowest BCUT2D eigenvalue weighted by atomic mass is 10.0. The van der Waals surface area contributed by atoms with Gasteiger partial charge < -0.3 is 10.2 Å². The average molecular weight is 404 g/mol. The minimum atomic E-state index is -0.507. The Labute approximate surface area is 173 Å². The third kappa shape index (κ3) is 3.38. The molecule has 0 radical (unpaired) electrons. The average Bonchev–Trinajstić information content (AvgIpc) is 3.36. The van der Waals surface area contributed by atoms with Crippen LogP contribution in [0.5, 0.6) is 0 Å². The molecule has 152 valence electrons. The molecular formula is C22H21FN6O. The summed E-state index contributed by atoms with van der Waals surface area (Å²) < 4.78 is 13.2. The van der Waals surface area contributed by atoms with Gasteiger partial charge in [0.15, 0.2) is 11.6 Å². The zero-order valence-corrected chi connectivity index (χ0v) is 16.5. The highest BCUT2D eigenvalue weighted by molar-refractivity contribution is 6.00. The smallest absolute Gasteiger partial charge is 0.254 e. The SMILES string of the molecule is Cc1cnc(NC2CC3CC2N(C(=O)c2ccccc2-c2ncc(F)cn2)C3)cn1. The van der Waals surface area contributed by atoms with Gasteiger partial charge in [-0.2, -0.15) is 0 Å². The number of likely N-dealkylation sites (tertiary alicyclic amines) is 1. The maximum atomic E-state index is 13.5. The van der Waals surface area contributed by atoms with E-state index in [2.05, 4.69) is 25.3 Å². The van der Waals surface area contributed by atoms with Gasteiger partial charge in [-0.3, -0.25) is 9.78 Å². The van der Waals surface area contributed by atoms with Gasteiger partial charge in [0, 0.05) is 18.2 Å². The molecule has 1 saturated heterocycles. The molecule has 2 aromatic heterocycles. The molecule has 8 heteroatoms. The lowest BCUT2D eigenvalue weighted by Crippen LogP contribution is -2.47. The van der Waals surface area contributed by atoms with Crippen LogP contribution in [0.3, 0.4) is 0 Å². The lowest BCUT2D eigenvalue weighted by molar-refractivity contribution is 0.0693. The molecule has 2 bridgehead atoms. The molecule has 3 heterocycles. The fraction of sp³-hybridized carbons (Fsp3) is 0.318. The molecule has 2 aliphatic rings. The maximum absolute atomic E-state index is 13.5. The number of nitrogens with one attached hydrogen (secondary N) is 1. The van der Waals surface area contributed by atoms with Crippen molar-refractivity contribution in [3.63, 3.8) is 0 Å². The van der Waals surface area contributed by atoms with E-state index in [4.69, 9.17) is 0 Å². The number of hydrogen-bond acceptors (Lipinski definition) is 6. The van der Waals surface area contributed by atoms with Gasteiger partial charge in [0.1, 0.15) is 5.82 Å². The fourth-order valence-electron chi connectivity index (χ4n) is 4.54. The van der Waals surface area contributed by atoms with Crippen molar-refractivity contribution in [3.8, 4) is 11.4 Å². The highest BCUT2D eigenvalue weighted by atomic mass is 19.1. The van der Waals surface area contributed by atoms with Gasteiger partial charge in [0.25, 0.3) is 5.91 Å². The van der Waals surface area contributed by atoms with E-state index in [0.29, 0.717) is 22.9 Å². The zero-order chi connectivity index (χ0) is 20.7. The zero-order valence-electron chi connectivity index (χ0n) is 16.5. The molecule has 1 N–H and O–H groups in total. The quantitative estimate of drug-likeness (QED) is 0.719. The second kappa shape index (κ2) is 7.44. The number of amides is 1. The number of aryl methyl sites for hydroxylation is 1. The van der Waals surface area contributed by atoms with Crippen molar-refractivity contribution in [3.05, 3.63) is 66.1 Å². The van der Waals surface area contributed by atoms with Crippen molar-refractivity contribution in [2.24, 2.45) is 5.92 Å². The Balaban J connectivity index is 1.39. The summed E-state index contributed by atoms with van der Waals surface area (Å²) in [5.41, 5.74) is 2.01. The van der Waals surface area contributed by atoms with Crippen LogP contribution in [0.4, 0.5) is 10.2 Å². The first-order chi connectivity index (χ1) is 14.6. The van der Waals surface area contributed by atoms with Gasteiger partial charge in [-0.15, -0.1) is 0 Å². The van der Waals surface area contributed by atoms with Crippen molar-refractivity contribution in [2.75, 3.05) is 11.9 Å². The molecule has 1 aliphatic carbocycles. The van der Waals surface area contributed by atoms with Gasteiger partial charge in [-0.1, -0.05) is 18.2 Å². The Kier molecular flexibility index (Phi) is 4.61. The van der Waals surface area contributed by atoms with Gasteiger partial charge in [-0.25, -0.2) is 19.3 Å². The number of fused-ring (bicyclic) bond motifs is 2. The lowest BCUT2D eigenvalue weighted by Gasteiger charge is -2.34. The second-order valence-electron chi connectivity index (χ2n) is 7.93. The fourth-order valence-corrected chi connectivity index (χ4v) is 4.54. The molecule has 1 saturated carbocycles. The van der Waals surface area contributed by atoms with E-state index in [0.717, 1.165) is 43.3 Å². The largest absolute Gasteiger partial charge is 0.364 e. The summed E-state index contributed by atoms with van der Waals surface area (Å²) in [6.07, 6.45) is 7.67. The second-order valence-corrected chi connectivity index (χ2v) is 7.93. The first-order valence-electron chi connectivity index (χ1n) is 10.0. The molecule has 3 atom stereocenters. The first kappa shape index (κ1) is 18.6. The summed E-state index contributed by atoms with van der Waals surface area (Å²) in [4.78, 5) is 32.2. The van der Waals surface area contributed by atoms with Crippen LogP contribution in [0.1, 0.15) is 28.9 Å². The summed E-state index contributed by atoms with van der Waals surface area (Å²) >= 11 is 0. The number of nitrogens with zero attached hydrogens (tertiary/aromatic N) is 5. The Morgan fingerprint density at radius 1 is 1.07 bits per heavy atom. The van der Waals surface area contributed by atoms with Crippen LogP contribution in [0, 0.1) is 18.7 Å². The van der Waals surface area contributed by atoms with Crippen LogP contribution in [-0.4, -0.2) is 49.4 Å². The molecule has 2 fully saturated rings. The Bertz CT molecular complexity index is 1070. The number of benzene rings is 1. The molecule has 1 aliphatic heterocycles. The first-order valence-corrected chi connectivity index (χ1v) is 10.0. The van der Waals surface area contributed by atoms with Gasteiger partial charge in [0.2, 0.25) is 0 Å². The number of halogens is 1. The van der Waals surface area contributed by atoms with E-state index in [1.165, 1.54) is 0 Å². The van der Waals surface area contributed by atoms with E-state index < -0.39 is 5.82 Å². The molecule has 0 spiro atoms. The van der Waals surface area contributed by atoms with Crippen LogP contribution >= 0.6 is 0 Å². The normalized spacial score (nSPS) is 22.3. The van der Waals surface area contributed by atoms with Gasteiger partial charge in [0.05, 0.1) is 42.1 Å². The number of carbonyl (C=O) groups is 1. The van der Waals surface area contributed by atoms with Crippen molar-refractivity contribution in [1.29, 1.82) is 0 Å². The van der Waals surface area contributed by atoms with Gasteiger partial charge >= 0.3 is 0 Å². The van der Waals surface area contributed by atoms with Crippen LogP contribution in [0.25, 0.3) is 11.4 Å². The molecule has 3 aromatic rings. The number of aromatic nitrogens is 4. The standard InChI is InChI=1S/C22H21FN6O/c1-13-8-25-20(11-24-13)28-18-6-14-7-19(18)29(12-14)22(30)17-5-3-2-4-16(17)21-26-9-15(23)10-27-21/h2-5,8-11,14,18-19H,6-7,12H2,1H3,(H,25,28). The third-order valence-electron chi connectivity index (χ3n) is 5.88. The number of rotatable bonds is 4. The van der Waals surface area contributed by atoms with Crippen molar-refractivity contribution >= 4 is 11.7 Å². The predicted molar refractivity (Wildman–Crippen MR) is 109 cm³/mol. The summed E-state index contributed by atoms with van der Waals surface area (Å²) in [6.45, 7) is 2.64. The van der Waals surface area contributed by atoms with E-state index >= 15 is 0 Å². The maximum Gasteiger partial charge on any atom is 0.254 e. The summed E-state index contributed by atoms with van der Waals surface area (Å²) in [7, 11) is 0. The summed E-state index contributed by atoms with van der Waals surface area (Å²) in [5.74, 6) is 0.976. The van der Waals surface area contributed by atoms with Crippen molar-refractivity contribution < 1.29 is 9.18 Å².